The lowest BCUT2D eigenvalue weighted by Gasteiger charge is -2.13. The van der Waals surface area contributed by atoms with E-state index in [0.717, 1.165) is 5.56 Å². The number of nitrogens with two attached hydrogens (primary N) is 1. The molecule has 164 valence electrons. The summed E-state index contributed by atoms with van der Waals surface area (Å²) in [6.45, 7) is 0.373. The van der Waals surface area contributed by atoms with Crippen molar-refractivity contribution >= 4 is 23.2 Å². The number of primary amides is 1. The van der Waals surface area contributed by atoms with Gasteiger partial charge in [-0.05, 0) is 42.0 Å². The van der Waals surface area contributed by atoms with E-state index in [4.69, 9.17) is 5.73 Å². The molecule has 0 spiro atoms. The van der Waals surface area contributed by atoms with Crippen molar-refractivity contribution in [3.63, 3.8) is 0 Å². The summed E-state index contributed by atoms with van der Waals surface area (Å²) in [6, 6.07) is 14.4. The molecule has 0 bridgehead atoms. The molecule has 0 atom stereocenters. The number of benzene rings is 2. The number of hydrogen-bond donors (Lipinski definition) is 3. The Labute approximate surface area is 181 Å². The highest BCUT2D eigenvalue weighted by molar-refractivity contribution is 6.08. The van der Waals surface area contributed by atoms with E-state index < -0.39 is 18.1 Å². The number of aromatic nitrogens is 1. The van der Waals surface area contributed by atoms with Gasteiger partial charge < -0.3 is 25.8 Å². The average Bonchev–Trinajstić information content (AvgIpc) is 3.05. The van der Waals surface area contributed by atoms with E-state index in [0.29, 0.717) is 23.5 Å². The summed E-state index contributed by atoms with van der Waals surface area (Å²) >= 11 is 0. The standard InChI is InChI=1S/C22H18F2N4O4/c23-22(24)31-18-6-5-14(10-19(18)32-22)28-21(30)16-3-1-2-4-17(16)27-12-13-7-8-26-15(9-13)11-20(25)29/h1-10,27H,11-12H2,(H2,25,29)(H,28,30). The zero-order chi connectivity index (χ0) is 22.7. The number of anilines is 2. The molecule has 1 aromatic heterocycles. The van der Waals surface area contributed by atoms with E-state index in [9.17, 15) is 18.4 Å². The molecule has 2 heterocycles. The topological polar surface area (TPSA) is 116 Å². The highest BCUT2D eigenvalue weighted by Gasteiger charge is 2.43. The highest BCUT2D eigenvalue weighted by Crippen LogP contribution is 2.42. The van der Waals surface area contributed by atoms with Crippen LogP contribution in [0.15, 0.2) is 60.8 Å². The van der Waals surface area contributed by atoms with E-state index in [-0.39, 0.29) is 23.6 Å². The molecule has 0 unspecified atom stereocenters. The zero-order valence-corrected chi connectivity index (χ0v) is 16.6. The van der Waals surface area contributed by atoms with Crippen LogP contribution in [-0.4, -0.2) is 23.1 Å². The summed E-state index contributed by atoms with van der Waals surface area (Å²) < 4.78 is 35.2. The summed E-state index contributed by atoms with van der Waals surface area (Å²) in [5.41, 5.74) is 7.79. The van der Waals surface area contributed by atoms with Gasteiger partial charge in [0.1, 0.15) is 0 Å². The summed E-state index contributed by atoms with van der Waals surface area (Å²) in [5.74, 6) is -1.19. The fraction of sp³-hybridized carbons (Fsp3) is 0.136. The van der Waals surface area contributed by atoms with Crippen LogP contribution in [0, 0.1) is 0 Å². The summed E-state index contributed by atoms with van der Waals surface area (Å²) in [4.78, 5) is 28.0. The van der Waals surface area contributed by atoms with Gasteiger partial charge in [-0.1, -0.05) is 12.1 Å². The Balaban J connectivity index is 1.46. The SMILES string of the molecule is NC(=O)Cc1cc(CNc2ccccc2C(=O)Nc2ccc3c(c2)OC(F)(F)O3)ccn1. The third kappa shape index (κ3) is 4.91. The minimum absolute atomic E-state index is 0.0360. The molecule has 0 radical (unpaired) electrons. The van der Waals surface area contributed by atoms with Gasteiger partial charge in [0.25, 0.3) is 5.91 Å². The normalized spacial score (nSPS) is 13.4. The second-order valence-electron chi connectivity index (χ2n) is 6.98. The Kier molecular flexibility index (Phi) is 5.59. The van der Waals surface area contributed by atoms with Crippen LogP contribution in [0.3, 0.4) is 0 Å². The molecule has 4 N–H and O–H groups in total. The van der Waals surface area contributed by atoms with Gasteiger partial charge in [-0.2, -0.15) is 0 Å². The van der Waals surface area contributed by atoms with Crippen LogP contribution in [0.5, 0.6) is 11.5 Å². The first-order chi connectivity index (χ1) is 15.3. The fourth-order valence-electron chi connectivity index (χ4n) is 3.17. The van der Waals surface area contributed by atoms with Gasteiger partial charge in [-0.3, -0.25) is 14.6 Å². The maximum absolute atomic E-state index is 13.2. The molecule has 4 rings (SSSR count). The minimum atomic E-state index is -3.73. The number of halogens is 2. The maximum atomic E-state index is 13.2. The van der Waals surface area contributed by atoms with Gasteiger partial charge in [-0.15, -0.1) is 8.78 Å². The molecule has 8 nitrogen and oxygen atoms in total. The van der Waals surface area contributed by atoms with Crippen molar-refractivity contribution in [2.45, 2.75) is 19.3 Å². The van der Waals surface area contributed by atoms with E-state index >= 15 is 0 Å². The van der Waals surface area contributed by atoms with Crippen LogP contribution in [0.1, 0.15) is 21.6 Å². The molecule has 1 aliphatic heterocycles. The predicted octanol–water partition coefficient (Wildman–Crippen LogP) is 3.30. The van der Waals surface area contributed by atoms with Crippen LogP contribution in [-0.2, 0) is 17.8 Å². The lowest BCUT2D eigenvalue weighted by Crippen LogP contribution is -2.25. The molecule has 10 heteroatoms. The number of nitrogens with one attached hydrogen (secondary N) is 2. The Morgan fingerprint density at radius 2 is 1.81 bits per heavy atom. The van der Waals surface area contributed by atoms with Gasteiger partial charge in [0.15, 0.2) is 11.5 Å². The van der Waals surface area contributed by atoms with Gasteiger partial charge in [0, 0.05) is 35.9 Å². The zero-order valence-electron chi connectivity index (χ0n) is 16.6. The van der Waals surface area contributed by atoms with Crippen LogP contribution >= 0.6 is 0 Å². The molecule has 0 saturated carbocycles. The number of amides is 2. The Hall–Kier alpha value is -4.21. The maximum Gasteiger partial charge on any atom is 0.586 e. The second-order valence-corrected chi connectivity index (χ2v) is 6.98. The van der Waals surface area contributed by atoms with Crippen molar-refractivity contribution < 1.29 is 27.8 Å². The van der Waals surface area contributed by atoms with Gasteiger partial charge in [0.05, 0.1) is 12.0 Å². The first kappa shape index (κ1) is 21.0. The van der Waals surface area contributed by atoms with Crippen LogP contribution in [0.25, 0.3) is 0 Å². The van der Waals surface area contributed by atoms with Crippen LogP contribution in [0.4, 0.5) is 20.2 Å². The van der Waals surface area contributed by atoms with E-state index in [1.807, 2.05) is 0 Å². The fourth-order valence-corrected chi connectivity index (χ4v) is 3.17. The monoisotopic (exact) mass is 440 g/mol. The smallest absolute Gasteiger partial charge is 0.395 e. The molecule has 1 aliphatic rings. The van der Waals surface area contributed by atoms with E-state index in [1.54, 1.807) is 42.6 Å². The number of ether oxygens (including phenoxy) is 2. The molecular weight excluding hydrogens is 422 g/mol. The van der Waals surface area contributed by atoms with Crippen molar-refractivity contribution in [2.75, 3.05) is 10.6 Å². The lowest BCUT2D eigenvalue weighted by atomic mass is 10.1. The molecular formula is C22H18F2N4O4. The number of fused-ring (bicyclic) bond motifs is 1. The van der Waals surface area contributed by atoms with Crippen molar-refractivity contribution in [3.05, 3.63) is 77.6 Å². The summed E-state index contributed by atoms with van der Waals surface area (Å²) in [7, 11) is 0. The number of nitrogens with zero attached hydrogens (tertiary/aromatic N) is 1. The van der Waals surface area contributed by atoms with Crippen molar-refractivity contribution in [2.24, 2.45) is 5.73 Å². The number of pyridine rings is 1. The molecule has 0 saturated heterocycles. The minimum Gasteiger partial charge on any atom is -0.395 e. The number of para-hydroxylation sites is 1. The molecule has 3 aromatic rings. The number of hydrogen-bond acceptors (Lipinski definition) is 6. The van der Waals surface area contributed by atoms with E-state index in [1.165, 1.54) is 18.2 Å². The molecule has 2 aromatic carbocycles. The van der Waals surface area contributed by atoms with Gasteiger partial charge >= 0.3 is 6.29 Å². The number of alkyl halides is 2. The molecule has 2 amide bonds. The summed E-state index contributed by atoms with van der Waals surface area (Å²) in [5, 5.41) is 5.84. The summed E-state index contributed by atoms with van der Waals surface area (Å²) in [6.07, 6.45) is -2.11. The highest BCUT2D eigenvalue weighted by atomic mass is 19.3. The van der Waals surface area contributed by atoms with Crippen molar-refractivity contribution in [3.8, 4) is 11.5 Å². The third-order valence-corrected chi connectivity index (χ3v) is 4.55. The van der Waals surface area contributed by atoms with Gasteiger partial charge in [0.2, 0.25) is 5.91 Å². The number of carbonyl (C=O) groups excluding carboxylic acids is 2. The third-order valence-electron chi connectivity index (χ3n) is 4.55. The molecule has 32 heavy (non-hydrogen) atoms. The quantitative estimate of drug-likeness (QED) is 0.519. The van der Waals surface area contributed by atoms with Crippen molar-refractivity contribution in [1.82, 2.24) is 4.98 Å². The Morgan fingerprint density at radius 1 is 1.03 bits per heavy atom. The largest absolute Gasteiger partial charge is 0.586 e. The molecule has 0 aliphatic carbocycles. The average molecular weight is 440 g/mol. The number of rotatable bonds is 7. The lowest BCUT2D eigenvalue weighted by molar-refractivity contribution is -0.286. The van der Waals surface area contributed by atoms with E-state index in [2.05, 4.69) is 25.1 Å². The van der Waals surface area contributed by atoms with Crippen LogP contribution < -0.4 is 25.8 Å². The molecule has 0 fully saturated rings. The number of carbonyl (C=O) groups is 2. The first-order valence-electron chi connectivity index (χ1n) is 9.55. The second kappa shape index (κ2) is 8.50. The van der Waals surface area contributed by atoms with Crippen molar-refractivity contribution in [1.29, 1.82) is 0 Å². The Morgan fingerprint density at radius 3 is 2.62 bits per heavy atom. The Bertz CT molecular complexity index is 1190. The predicted molar refractivity (Wildman–Crippen MR) is 112 cm³/mol. The van der Waals surface area contributed by atoms with Gasteiger partial charge in [-0.25, -0.2) is 0 Å². The first-order valence-corrected chi connectivity index (χ1v) is 9.55. The van der Waals surface area contributed by atoms with Crippen LogP contribution in [0.2, 0.25) is 0 Å².